The second-order valence-electron chi connectivity index (χ2n) is 4.90. The number of hydrogen-bond donors (Lipinski definition) is 0. The lowest BCUT2D eigenvalue weighted by molar-refractivity contribution is 0.0348. The monoisotopic (exact) mass is 254 g/mol. The van der Waals surface area contributed by atoms with Crippen LogP contribution in [0, 0.1) is 0 Å². The number of benzene rings is 2. The van der Waals surface area contributed by atoms with Gasteiger partial charge in [0, 0.05) is 0 Å². The smallest absolute Gasteiger partial charge is 0.0720 e. The van der Waals surface area contributed by atoms with E-state index in [4.69, 9.17) is 4.74 Å². The minimum absolute atomic E-state index is 0.313. The van der Waals surface area contributed by atoms with Crippen LogP contribution in [0.25, 0.3) is 0 Å². The SMILES string of the molecule is CCCC(Cc1ccccc1)OCc1ccccc1. The van der Waals surface area contributed by atoms with Crippen molar-refractivity contribution in [3.05, 3.63) is 71.8 Å². The fraction of sp³-hybridized carbons (Fsp3) is 0.333. The van der Waals surface area contributed by atoms with Crippen LogP contribution < -0.4 is 0 Å². The van der Waals surface area contributed by atoms with Gasteiger partial charge in [-0.05, 0) is 24.0 Å². The Hall–Kier alpha value is -1.60. The molecule has 0 saturated carbocycles. The van der Waals surface area contributed by atoms with Crippen molar-refractivity contribution in [3.63, 3.8) is 0 Å². The summed E-state index contributed by atoms with van der Waals surface area (Å²) in [5.74, 6) is 0. The largest absolute Gasteiger partial charge is 0.373 e. The van der Waals surface area contributed by atoms with Gasteiger partial charge in [-0.15, -0.1) is 0 Å². The van der Waals surface area contributed by atoms with Crippen molar-refractivity contribution < 1.29 is 4.74 Å². The van der Waals surface area contributed by atoms with Gasteiger partial charge < -0.3 is 4.74 Å². The van der Waals surface area contributed by atoms with E-state index in [1.54, 1.807) is 0 Å². The molecule has 1 heteroatoms. The zero-order chi connectivity index (χ0) is 13.3. The maximum absolute atomic E-state index is 6.07. The molecule has 0 radical (unpaired) electrons. The highest BCUT2D eigenvalue weighted by molar-refractivity contribution is 5.16. The maximum Gasteiger partial charge on any atom is 0.0720 e. The van der Waals surface area contributed by atoms with Gasteiger partial charge in [-0.3, -0.25) is 0 Å². The Morgan fingerprint density at radius 3 is 2.00 bits per heavy atom. The lowest BCUT2D eigenvalue weighted by atomic mass is 10.0. The van der Waals surface area contributed by atoms with E-state index < -0.39 is 0 Å². The van der Waals surface area contributed by atoms with Crippen molar-refractivity contribution in [1.29, 1.82) is 0 Å². The van der Waals surface area contributed by atoms with Crippen molar-refractivity contribution in [2.45, 2.75) is 38.9 Å². The zero-order valence-electron chi connectivity index (χ0n) is 11.6. The minimum atomic E-state index is 0.313. The lowest BCUT2D eigenvalue weighted by Crippen LogP contribution is -2.15. The van der Waals surface area contributed by atoms with Gasteiger partial charge in [0.1, 0.15) is 0 Å². The summed E-state index contributed by atoms with van der Waals surface area (Å²) in [5, 5.41) is 0. The van der Waals surface area contributed by atoms with Crippen LogP contribution in [0.1, 0.15) is 30.9 Å². The molecule has 0 aliphatic rings. The molecule has 0 N–H and O–H groups in total. The number of ether oxygens (including phenoxy) is 1. The molecule has 0 aromatic heterocycles. The van der Waals surface area contributed by atoms with Crippen molar-refractivity contribution in [2.24, 2.45) is 0 Å². The molecule has 0 spiro atoms. The van der Waals surface area contributed by atoms with Crippen molar-refractivity contribution in [2.75, 3.05) is 0 Å². The standard InChI is InChI=1S/C18H22O/c1-2-9-18(14-16-10-5-3-6-11-16)19-15-17-12-7-4-8-13-17/h3-8,10-13,18H,2,9,14-15H2,1H3. The molecule has 2 aromatic rings. The first-order valence-corrected chi connectivity index (χ1v) is 7.08. The lowest BCUT2D eigenvalue weighted by Gasteiger charge is -2.17. The van der Waals surface area contributed by atoms with Crippen LogP contribution in [-0.2, 0) is 17.8 Å². The Balaban J connectivity index is 1.89. The molecule has 0 aliphatic heterocycles. The Morgan fingerprint density at radius 2 is 1.42 bits per heavy atom. The first-order chi connectivity index (χ1) is 9.38. The van der Waals surface area contributed by atoms with Crippen LogP contribution in [0.4, 0.5) is 0 Å². The highest BCUT2D eigenvalue weighted by Gasteiger charge is 2.09. The molecule has 2 rings (SSSR count). The molecular formula is C18H22O. The van der Waals surface area contributed by atoms with Gasteiger partial charge in [-0.2, -0.15) is 0 Å². The summed E-state index contributed by atoms with van der Waals surface area (Å²) >= 11 is 0. The molecule has 1 atom stereocenters. The first kappa shape index (κ1) is 13.8. The predicted molar refractivity (Wildman–Crippen MR) is 80.1 cm³/mol. The normalized spacial score (nSPS) is 12.3. The fourth-order valence-electron chi connectivity index (χ4n) is 2.23. The minimum Gasteiger partial charge on any atom is -0.373 e. The molecule has 0 bridgehead atoms. The zero-order valence-corrected chi connectivity index (χ0v) is 11.6. The third kappa shape index (κ3) is 4.88. The highest BCUT2D eigenvalue weighted by Crippen LogP contribution is 2.13. The van der Waals surface area contributed by atoms with Crippen LogP contribution in [0.2, 0.25) is 0 Å². The van der Waals surface area contributed by atoms with E-state index in [9.17, 15) is 0 Å². The van der Waals surface area contributed by atoms with Gasteiger partial charge in [-0.1, -0.05) is 74.0 Å². The number of rotatable bonds is 7. The summed E-state index contributed by atoms with van der Waals surface area (Å²) in [7, 11) is 0. The summed E-state index contributed by atoms with van der Waals surface area (Å²) in [6, 6.07) is 21.0. The van der Waals surface area contributed by atoms with E-state index in [0.717, 1.165) is 19.3 Å². The van der Waals surface area contributed by atoms with E-state index >= 15 is 0 Å². The molecule has 0 heterocycles. The maximum atomic E-state index is 6.07. The summed E-state index contributed by atoms with van der Waals surface area (Å²) in [6.45, 7) is 2.92. The molecule has 0 aliphatic carbocycles. The summed E-state index contributed by atoms with van der Waals surface area (Å²) in [4.78, 5) is 0. The van der Waals surface area contributed by atoms with Crippen LogP contribution in [0.5, 0.6) is 0 Å². The van der Waals surface area contributed by atoms with E-state index in [0.29, 0.717) is 12.7 Å². The van der Waals surface area contributed by atoms with E-state index in [1.807, 2.05) is 6.07 Å². The van der Waals surface area contributed by atoms with Crippen molar-refractivity contribution >= 4 is 0 Å². The van der Waals surface area contributed by atoms with Gasteiger partial charge in [0.05, 0.1) is 12.7 Å². The average molecular weight is 254 g/mol. The van der Waals surface area contributed by atoms with Crippen LogP contribution in [0.15, 0.2) is 60.7 Å². The molecule has 2 aromatic carbocycles. The Morgan fingerprint density at radius 1 is 0.842 bits per heavy atom. The van der Waals surface area contributed by atoms with Gasteiger partial charge in [0.15, 0.2) is 0 Å². The fourth-order valence-corrected chi connectivity index (χ4v) is 2.23. The molecular weight excluding hydrogens is 232 g/mol. The van der Waals surface area contributed by atoms with Gasteiger partial charge in [0.25, 0.3) is 0 Å². The second-order valence-corrected chi connectivity index (χ2v) is 4.90. The molecule has 100 valence electrons. The Kier molecular flexibility index (Phi) is 5.64. The van der Waals surface area contributed by atoms with Gasteiger partial charge in [0.2, 0.25) is 0 Å². The topological polar surface area (TPSA) is 9.23 Å². The predicted octanol–water partition coefficient (Wildman–Crippen LogP) is 4.61. The molecule has 0 fully saturated rings. The van der Waals surface area contributed by atoms with Gasteiger partial charge in [-0.25, -0.2) is 0 Å². The third-order valence-electron chi connectivity index (χ3n) is 3.25. The highest BCUT2D eigenvalue weighted by atomic mass is 16.5. The van der Waals surface area contributed by atoms with Crippen molar-refractivity contribution in [1.82, 2.24) is 0 Å². The molecule has 1 unspecified atom stereocenters. The quantitative estimate of drug-likeness (QED) is 0.701. The van der Waals surface area contributed by atoms with Crippen LogP contribution in [0.3, 0.4) is 0 Å². The summed E-state index contributed by atoms with van der Waals surface area (Å²) < 4.78 is 6.07. The van der Waals surface area contributed by atoms with Crippen molar-refractivity contribution in [3.8, 4) is 0 Å². The Labute approximate surface area is 116 Å². The van der Waals surface area contributed by atoms with Gasteiger partial charge >= 0.3 is 0 Å². The average Bonchev–Trinajstić information content (AvgIpc) is 2.47. The Bertz CT molecular complexity index is 450. The van der Waals surface area contributed by atoms with E-state index in [-0.39, 0.29) is 0 Å². The van der Waals surface area contributed by atoms with Crippen LogP contribution in [-0.4, -0.2) is 6.10 Å². The summed E-state index contributed by atoms with van der Waals surface area (Å²) in [6.07, 6.45) is 3.59. The third-order valence-corrected chi connectivity index (χ3v) is 3.25. The molecule has 1 nitrogen and oxygen atoms in total. The summed E-state index contributed by atoms with van der Waals surface area (Å²) in [5.41, 5.74) is 2.60. The first-order valence-electron chi connectivity index (χ1n) is 7.08. The van der Waals surface area contributed by atoms with Crippen LogP contribution >= 0.6 is 0 Å². The molecule has 19 heavy (non-hydrogen) atoms. The van der Waals surface area contributed by atoms with E-state index in [2.05, 4.69) is 61.5 Å². The molecule has 0 amide bonds. The molecule has 0 saturated heterocycles. The number of hydrogen-bond acceptors (Lipinski definition) is 1. The second kappa shape index (κ2) is 7.75. The van der Waals surface area contributed by atoms with E-state index in [1.165, 1.54) is 11.1 Å².